The number of carboxylic acid groups (broad SMARTS) is 3. The minimum Gasteiger partial charge on any atom is -0.478 e. The van der Waals surface area contributed by atoms with Crippen LogP contribution in [0.5, 0.6) is 17.2 Å². The van der Waals surface area contributed by atoms with E-state index in [2.05, 4.69) is 15.5 Å². The Kier molecular flexibility index (Phi) is 18.7. The Morgan fingerprint density at radius 3 is 0.864 bits per heavy atom. The third kappa shape index (κ3) is 15.6. The molecular formula is C54H33Cl3F9N3O12. The average molecular weight is 1190 g/mol. The van der Waals surface area contributed by atoms with Crippen molar-refractivity contribution < 1.29 is 97.0 Å². The Hall–Kier alpha value is -9.00. The van der Waals surface area contributed by atoms with Crippen LogP contribution in [-0.2, 0) is 32.9 Å². The Bertz CT molecular complexity index is 3250. The molecule has 27 heteroatoms. The molecule has 3 aromatic heterocycles. The molecule has 0 fully saturated rings. The van der Waals surface area contributed by atoms with Crippen molar-refractivity contribution in [3.63, 3.8) is 0 Å². The van der Waals surface area contributed by atoms with Gasteiger partial charge in [-0.3, -0.25) is 0 Å². The number of nitrogens with zero attached hydrogens (tertiary/aromatic N) is 3. The van der Waals surface area contributed by atoms with Crippen molar-refractivity contribution in [3.05, 3.63) is 213 Å². The molecule has 0 saturated heterocycles. The first-order valence-electron chi connectivity index (χ1n) is 22.6. The van der Waals surface area contributed by atoms with E-state index in [0.29, 0.717) is 31.8 Å². The highest BCUT2D eigenvalue weighted by Crippen LogP contribution is 2.41. The van der Waals surface area contributed by atoms with Crippen molar-refractivity contribution >= 4 is 52.7 Å². The predicted octanol–water partition coefficient (Wildman–Crippen LogP) is 15.7. The van der Waals surface area contributed by atoms with Gasteiger partial charge in [-0.05, 0) is 91.0 Å². The Morgan fingerprint density at radius 1 is 0.395 bits per heavy atom. The number of hydrogen-bond donors (Lipinski definition) is 3. The van der Waals surface area contributed by atoms with Gasteiger partial charge in [0.2, 0.25) is 18.3 Å². The maximum atomic E-state index is 12.9. The molecule has 3 atom stereocenters. The SMILES string of the molecule is O=C(O)C(Oc1ccc(Cl)cc1-c1ccno1)c1cccc(C(F)(F)F)c1.O=C(O)C(Oc1ccc(Cl)cc1-c1ccno1)c1cccc(C(F)(F)F)c1.O=C(O)C(Oc1ccc(Cl)cc1-c1ccno1)c1cccc(C(F)(F)F)c1. The minimum absolute atomic E-state index is 0.0703. The highest BCUT2D eigenvalue weighted by molar-refractivity contribution is 6.31. The van der Waals surface area contributed by atoms with Gasteiger partial charge in [0.1, 0.15) is 17.2 Å². The number of rotatable bonds is 15. The van der Waals surface area contributed by atoms with E-state index in [1.165, 1.54) is 110 Å². The summed E-state index contributed by atoms with van der Waals surface area (Å²) in [6.07, 6.45) is -14.7. The van der Waals surface area contributed by atoms with Crippen molar-refractivity contribution in [2.45, 2.75) is 36.8 Å². The fourth-order valence-electron chi connectivity index (χ4n) is 7.25. The van der Waals surface area contributed by atoms with Gasteiger partial charge in [0.15, 0.2) is 17.3 Å². The van der Waals surface area contributed by atoms with Crippen LogP contribution in [-0.4, -0.2) is 48.7 Å². The highest BCUT2D eigenvalue weighted by atomic mass is 35.5. The van der Waals surface area contributed by atoms with Crippen LogP contribution in [0.4, 0.5) is 39.5 Å². The van der Waals surface area contributed by atoms with E-state index in [4.69, 9.17) is 62.6 Å². The zero-order valence-electron chi connectivity index (χ0n) is 40.2. The predicted molar refractivity (Wildman–Crippen MR) is 268 cm³/mol. The molecule has 3 unspecified atom stereocenters. The van der Waals surface area contributed by atoms with Gasteiger partial charge >= 0.3 is 36.4 Å². The molecule has 0 aliphatic heterocycles. The van der Waals surface area contributed by atoms with Gasteiger partial charge in [-0.1, -0.05) is 86.7 Å². The molecule has 0 saturated carbocycles. The van der Waals surface area contributed by atoms with Crippen molar-refractivity contribution in [2.75, 3.05) is 0 Å². The van der Waals surface area contributed by atoms with Gasteiger partial charge in [0.05, 0.1) is 52.0 Å². The zero-order chi connectivity index (χ0) is 58.8. The Morgan fingerprint density at radius 2 is 0.654 bits per heavy atom. The first-order valence-corrected chi connectivity index (χ1v) is 23.7. The first kappa shape index (κ1) is 59.7. The Balaban J connectivity index is 0.000000175. The van der Waals surface area contributed by atoms with Crippen LogP contribution in [0.1, 0.15) is 51.7 Å². The van der Waals surface area contributed by atoms with Gasteiger partial charge < -0.3 is 43.1 Å². The number of carboxylic acids is 3. The minimum atomic E-state index is -4.61. The maximum absolute atomic E-state index is 12.9. The molecule has 0 spiro atoms. The van der Waals surface area contributed by atoms with E-state index >= 15 is 0 Å². The highest BCUT2D eigenvalue weighted by Gasteiger charge is 2.36. The van der Waals surface area contributed by atoms with Crippen LogP contribution < -0.4 is 14.2 Å². The van der Waals surface area contributed by atoms with Crippen molar-refractivity contribution in [1.82, 2.24) is 15.5 Å². The van der Waals surface area contributed by atoms with Crippen LogP contribution in [0.15, 0.2) is 178 Å². The van der Waals surface area contributed by atoms with Gasteiger partial charge in [0, 0.05) is 50.0 Å². The lowest BCUT2D eigenvalue weighted by molar-refractivity contribution is -0.146. The standard InChI is InChI=1S/3C18H11ClF3NO4/c3*19-12-4-5-14(13(9-12)15-6-7-23-27-15)26-16(17(24)25)10-2-1-3-11(8-10)18(20,21)22/h3*1-9,16H,(H,24,25). The zero-order valence-corrected chi connectivity index (χ0v) is 42.5. The summed E-state index contributed by atoms with van der Waals surface area (Å²) in [7, 11) is 0. The first-order chi connectivity index (χ1) is 38.3. The topological polar surface area (TPSA) is 218 Å². The van der Waals surface area contributed by atoms with Gasteiger partial charge in [-0.2, -0.15) is 39.5 Å². The summed E-state index contributed by atoms with van der Waals surface area (Å²) in [5, 5.41) is 40.2. The molecule has 3 N–H and O–H groups in total. The summed E-state index contributed by atoms with van der Waals surface area (Å²) in [5.41, 5.74) is -2.43. The van der Waals surface area contributed by atoms with Gasteiger partial charge in [0.25, 0.3) is 0 Å². The average Bonchev–Trinajstić information content (AvgIpc) is 4.38. The van der Waals surface area contributed by atoms with Gasteiger partial charge in [-0.15, -0.1) is 0 Å². The number of ether oxygens (including phenoxy) is 3. The summed E-state index contributed by atoms with van der Waals surface area (Å²) in [4.78, 5) is 35.0. The van der Waals surface area contributed by atoms with Crippen LogP contribution in [0.2, 0.25) is 15.1 Å². The summed E-state index contributed by atoms with van der Waals surface area (Å²) < 4.78 is 148. The van der Waals surface area contributed by atoms with E-state index in [1.54, 1.807) is 0 Å². The third-order valence-corrected chi connectivity index (χ3v) is 11.6. The molecule has 9 rings (SSSR count). The number of halogens is 12. The summed E-state index contributed by atoms with van der Waals surface area (Å²) >= 11 is 17.9. The number of benzene rings is 6. The molecular weight excluding hydrogens is 1160 g/mol. The van der Waals surface area contributed by atoms with Crippen molar-refractivity contribution in [3.8, 4) is 51.2 Å². The smallest absolute Gasteiger partial charge is 0.416 e. The second-order valence-corrected chi connectivity index (χ2v) is 17.7. The van der Waals surface area contributed by atoms with Crippen molar-refractivity contribution in [1.29, 1.82) is 0 Å². The molecule has 6 aromatic carbocycles. The van der Waals surface area contributed by atoms with E-state index in [9.17, 15) is 69.2 Å². The summed E-state index contributed by atoms with van der Waals surface area (Å²) in [6, 6.07) is 29.4. The Labute approximate surface area is 464 Å². The quantitative estimate of drug-likeness (QED) is 0.0813. The molecule has 0 aliphatic rings. The second-order valence-electron chi connectivity index (χ2n) is 16.4. The lowest BCUT2D eigenvalue weighted by atomic mass is 10.1. The van der Waals surface area contributed by atoms with E-state index < -0.39 is 71.4 Å². The molecule has 3 heterocycles. The lowest BCUT2D eigenvalue weighted by Crippen LogP contribution is -2.19. The molecule has 420 valence electrons. The lowest BCUT2D eigenvalue weighted by Gasteiger charge is -2.18. The van der Waals surface area contributed by atoms with E-state index in [0.717, 1.165) is 54.6 Å². The molecule has 9 aromatic rings. The van der Waals surface area contributed by atoms with E-state index in [-0.39, 0.29) is 51.2 Å². The molecule has 0 amide bonds. The van der Waals surface area contributed by atoms with Crippen LogP contribution in [0.25, 0.3) is 34.0 Å². The number of aliphatic carboxylic acids is 3. The summed E-state index contributed by atoms with van der Waals surface area (Å²) in [6.45, 7) is 0. The van der Waals surface area contributed by atoms with E-state index in [1.807, 2.05) is 0 Å². The number of alkyl halides is 9. The fourth-order valence-corrected chi connectivity index (χ4v) is 7.77. The van der Waals surface area contributed by atoms with Crippen LogP contribution in [0.3, 0.4) is 0 Å². The van der Waals surface area contributed by atoms with Crippen LogP contribution in [0, 0.1) is 0 Å². The monoisotopic (exact) mass is 1190 g/mol. The third-order valence-electron chi connectivity index (χ3n) is 10.9. The second kappa shape index (κ2) is 25.4. The molecule has 81 heavy (non-hydrogen) atoms. The molecule has 0 radical (unpaired) electrons. The maximum Gasteiger partial charge on any atom is 0.416 e. The number of carbonyl (C=O) groups is 3. The molecule has 15 nitrogen and oxygen atoms in total. The number of aromatic nitrogens is 3. The molecule has 0 aliphatic carbocycles. The van der Waals surface area contributed by atoms with Crippen molar-refractivity contribution in [2.24, 2.45) is 0 Å². The largest absolute Gasteiger partial charge is 0.478 e. The van der Waals surface area contributed by atoms with Crippen LogP contribution >= 0.6 is 34.8 Å². The normalized spacial score (nSPS) is 12.6. The molecule has 0 bridgehead atoms. The fraction of sp³-hybridized carbons (Fsp3) is 0.111. The number of hydrogen-bond acceptors (Lipinski definition) is 12. The summed E-state index contributed by atoms with van der Waals surface area (Å²) in [5.74, 6) is -3.35. The van der Waals surface area contributed by atoms with Gasteiger partial charge in [-0.25, -0.2) is 14.4 Å².